The van der Waals surface area contributed by atoms with E-state index < -0.39 is 0 Å². The zero-order chi connectivity index (χ0) is 18.6. The molecule has 0 saturated carbocycles. The molecule has 2 aromatic rings. The molecule has 0 atom stereocenters. The van der Waals surface area contributed by atoms with Gasteiger partial charge in [0.05, 0.1) is 7.11 Å². The molecule has 2 rings (SSSR count). The Balaban J connectivity index is 1.55. The highest BCUT2D eigenvalue weighted by molar-refractivity contribution is 7.99. The minimum Gasteiger partial charge on any atom is -0.497 e. The molecular weight excluding hydrogens is 370 g/mol. The van der Waals surface area contributed by atoms with E-state index in [0.717, 1.165) is 11.5 Å². The van der Waals surface area contributed by atoms with Crippen molar-refractivity contribution in [1.29, 1.82) is 0 Å². The van der Waals surface area contributed by atoms with Crippen LogP contribution in [0.15, 0.2) is 59.5 Å². The zero-order valence-electron chi connectivity index (χ0n) is 14.4. The molecule has 0 fully saturated rings. The molecule has 0 aliphatic heterocycles. The van der Waals surface area contributed by atoms with E-state index in [1.54, 1.807) is 43.1 Å². The molecule has 0 radical (unpaired) electrons. The van der Waals surface area contributed by atoms with Crippen molar-refractivity contribution in [2.45, 2.75) is 4.90 Å². The van der Waals surface area contributed by atoms with Gasteiger partial charge in [-0.15, -0.1) is 11.8 Å². The largest absolute Gasteiger partial charge is 0.497 e. The number of carbonyl (C=O) groups excluding carboxylic acids is 1. The van der Waals surface area contributed by atoms with Crippen molar-refractivity contribution in [3.8, 4) is 11.5 Å². The number of methoxy groups -OCH3 is 1. The number of benzene rings is 2. The molecular formula is C18H21N3O3S2. The van der Waals surface area contributed by atoms with Crippen LogP contribution in [0, 0.1) is 0 Å². The minimum absolute atomic E-state index is 0.119. The normalized spacial score (nSPS) is 9.88. The fourth-order valence-corrected chi connectivity index (χ4v) is 2.82. The molecule has 0 aliphatic carbocycles. The van der Waals surface area contributed by atoms with E-state index in [9.17, 15) is 4.79 Å². The molecule has 0 unspecified atom stereocenters. The second-order valence-corrected chi connectivity index (χ2v) is 6.63. The fraction of sp³-hybridized carbons (Fsp3) is 0.222. The van der Waals surface area contributed by atoms with Crippen LogP contribution in [0.25, 0.3) is 0 Å². The summed E-state index contributed by atoms with van der Waals surface area (Å²) in [6, 6.07) is 17.1. The molecule has 3 N–H and O–H groups in total. The lowest BCUT2D eigenvalue weighted by Gasteiger charge is -2.12. The van der Waals surface area contributed by atoms with Crippen molar-refractivity contribution in [1.82, 2.24) is 16.2 Å². The minimum atomic E-state index is -0.330. The van der Waals surface area contributed by atoms with Crippen LogP contribution in [0.5, 0.6) is 11.5 Å². The smallest absolute Gasteiger partial charge is 0.276 e. The van der Waals surface area contributed by atoms with Gasteiger partial charge in [0, 0.05) is 17.2 Å². The van der Waals surface area contributed by atoms with E-state index in [0.29, 0.717) is 17.4 Å². The van der Waals surface area contributed by atoms with Gasteiger partial charge in [-0.3, -0.25) is 15.6 Å². The molecule has 0 aromatic heterocycles. The SMILES string of the molecule is COc1ccc(OCC(=O)NNC(=S)NCCSc2ccccc2)cc1. The van der Waals surface area contributed by atoms with E-state index in [1.807, 2.05) is 18.2 Å². The van der Waals surface area contributed by atoms with E-state index in [1.165, 1.54) is 4.90 Å². The molecule has 0 heterocycles. The summed E-state index contributed by atoms with van der Waals surface area (Å²) in [7, 11) is 1.59. The van der Waals surface area contributed by atoms with Gasteiger partial charge >= 0.3 is 0 Å². The van der Waals surface area contributed by atoms with Gasteiger partial charge in [-0.1, -0.05) is 18.2 Å². The van der Waals surface area contributed by atoms with E-state index in [-0.39, 0.29) is 12.5 Å². The van der Waals surface area contributed by atoms with Gasteiger partial charge in [-0.05, 0) is 48.6 Å². The number of carbonyl (C=O) groups is 1. The third kappa shape index (κ3) is 7.62. The van der Waals surface area contributed by atoms with Gasteiger partial charge in [-0.2, -0.15) is 0 Å². The molecule has 0 aliphatic rings. The quantitative estimate of drug-likeness (QED) is 0.276. The number of hydrogen-bond donors (Lipinski definition) is 3. The summed E-state index contributed by atoms with van der Waals surface area (Å²) in [5.41, 5.74) is 5.13. The van der Waals surface area contributed by atoms with Crippen molar-refractivity contribution in [3.63, 3.8) is 0 Å². The standard InChI is InChI=1S/C18H21N3O3S2/c1-23-14-7-9-15(10-8-14)24-13-17(22)20-21-18(25)19-11-12-26-16-5-3-2-4-6-16/h2-10H,11-13H2,1H3,(H,20,22)(H2,19,21,25). The second-order valence-electron chi connectivity index (χ2n) is 5.05. The average Bonchev–Trinajstić information content (AvgIpc) is 2.69. The molecule has 1 amide bonds. The van der Waals surface area contributed by atoms with Crippen LogP contribution in [-0.4, -0.2) is 37.0 Å². The first kappa shape index (κ1) is 19.9. The van der Waals surface area contributed by atoms with Crippen molar-refractivity contribution < 1.29 is 14.3 Å². The molecule has 6 nitrogen and oxygen atoms in total. The van der Waals surface area contributed by atoms with Crippen LogP contribution < -0.4 is 25.6 Å². The van der Waals surface area contributed by atoms with Crippen molar-refractivity contribution in [2.75, 3.05) is 26.0 Å². The Morgan fingerprint density at radius 3 is 2.42 bits per heavy atom. The molecule has 138 valence electrons. The number of nitrogens with one attached hydrogen (secondary N) is 3. The van der Waals surface area contributed by atoms with Crippen LogP contribution in [0.2, 0.25) is 0 Å². The van der Waals surface area contributed by atoms with E-state index in [4.69, 9.17) is 21.7 Å². The Hall–Kier alpha value is -2.45. The Kier molecular flexibility index (Phi) is 8.57. The number of hydrazine groups is 1. The molecule has 0 spiro atoms. The molecule has 8 heteroatoms. The van der Waals surface area contributed by atoms with Crippen LogP contribution >= 0.6 is 24.0 Å². The Bertz CT molecular complexity index is 697. The van der Waals surface area contributed by atoms with Crippen molar-refractivity contribution >= 4 is 35.0 Å². The predicted molar refractivity (Wildman–Crippen MR) is 108 cm³/mol. The summed E-state index contributed by atoms with van der Waals surface area (Å²) < 4.78 is 10.4. The topological polar surface area (TPSA) is 71.6 Å². The first-order chi connectivity index (χ1) is 12.7. The number of amides is 1. The van der Waals surface area contributed by atoms with Crippen molar-refractivity contribution in [2.24, 2.45) is 0 Å². The molecule has 0 bridgehead atoms. The fourth-order valence-electron chi connectivity index (χ4n) is 1.88. The second kappa shape index (κ2) is 11.2. The summed E-state index contributed by atoms with van der Waals surface area (Å²) in [4.78, 5) is 12.9. The van der Waals surface area contributed by atoms with Gasteiger partial charge in [0.15, 0.2) is 11.7 Å². The highest BCUT2D eigenvalue weighted by Crippen LogP contribution is 2.17. The summed E-state index contributed by atoms with van der Waals surface area (Å²) in [5.74, 6) is 1.84. The van der Waals surface area contributed by atoms with E-state index in [2.05, 4.69) is 28.3 Å². The van der Waals surface area contributed by atoms with E-state index >= 15 is 0 Å². The van der Waals surface area contributed by atoms with Crippen molar-refractivity contribution in [3.05, 3.63) is 54.6 Å². The number of thioether (sulfide) groups is 1. The first-order valence-electron chi connectivity index (χ1n) is 7.95. The Morgan fingerprint density at radius 2 is 1.73 bits per heavy atom. The van der Waals surface area contributed by atoms with Gasteiger partial charge < -0.3 is 14.8 Å². The highest BCUT2D eigenvalue weighted by atomic mass is 32.2. The summed E-state index contributed by atoms with van der Waals surface area (Å²) in [6.07, 6.45) is 0. The lowest BCUT2D eigenvalue weighted by molar-refractivity contribution is -0.123. The Morgan fingerprint density at radius 1 is 1.04 bits per heavy atom. The zero-order valence-corrected chi connectivity index (χ0v) is 16.0. The lowest BCUT2D eigenvalue weighted by Crippen LogP contribution is -2.48. The molecule has 26 heavy (non-hydrogen) atoms. The van der Waals surface area contributed by atoms with Crippen LogP contribution in [0.3, 0.4) is 0 Å². The number of thiocarbonyl (C=S) groups is 1. The maximum atomic E-state index is 11.7. The number of ether oxygens (including phenoxy) is 2. The van der Waals surface area contributed by atoms with Crippen LogP contribution in [0.4, 0.5) is 0 Å². The van der Waals surface area contributed by atoms with Crippen LogP contribution in [-0.2, 0) is 4.79 Å². The maximum Gasteiger partial charge on any atom is 0.276 e. The Labute approximate surface area is 162 Å². The average molecular weight is 392 g/mol. The molecule has 2 aromatic carbocycles. The maximum absolute atomic E-state index is 11.7. The lowest BCUT2D eigenvalue weighted by atomic mass is 10.3. The van der Waals surface area contributed by atoms with Gasteiger partial charge in [0.2, 0.25) is 0 Å². The van der Waals surface area contributed by atoms with Gasteiger partial charge in [-0.25, -0.2) is 0 Å². The molecule has 0 saturated heterocycles. The first-order valence-corrected chi connectivity index (χ1v) is 9.34. The third-order valence-corrected chi connectivity index (χ3v) is 4.40. The summed E-state index contributed by atoms with van der Waals surface area (Å²) in [5, 5.41) is 3.38. The third-order valence-electron chi connectivity index (χ3n) is 3.14. The summed E-state index contributed by atoms with van der Waals surface area (Å²) >= 11 is 6.84. The monoisotopic (exact) mass is 391 g/mol. The summed E-state index contributed by atoms with van der Waals surface area (Å²) in [6.45, 7) is 0.565. The van der Waals surface area contributed by atoms with Gasteiger partial charge in [0.25, 0.3) is 5.91 Å². The number of hydrogen-bond acceptors (Lipinski definition) is 5. The predicted octanol–water partition coefficient (Wildman–Crippen LogP) is 2.36. The van der Waals surface area contributed by atoms with Crippen LogP contribution in [0.1, 0.15) is 0 Å². The van der Waals surface area contributed by atoms with Gasteiger partial charge in [0.1, 0.15) is 11.5 Å². The highest BCUT2D eigenvalue weighted by Gasteiger charge is 2.04. The number of rotatable bonds is 8.